The molecule has 6 nitrogen and oxygen atoms in total. The van der Waals surface area contributed by atoms with E-state index in [9.17, 15) is 13.2 Å². The highest BCUT2D eigenvalue weighted by molar-refractivity contribution is 7.89. The third-order valence-electron chi connectivity index (χ3n) is 1.39. The van der Waals surface area contributed by atoms with Gasteiger partial charge in [-0.1, -0.05) is 6.08 Å². The smallest absolute Gasteiger partial charge is 0.324 e. The van der Waals surface area contributed by atoms with Crippen LogP contribution in [0.5, 0.6) is 0 Å². The maximum Gasteiger partial charge on any atom is 0.324 e. The van der Waals surface area contributed by atoms with Crippen LogP contribution in [0.15, 0.2) is 12.7 Å². The molecule has 3 N–H and O–H groups in total. The van der Waals surface area contributed by atoms with Gasteiger partial charge in [0.15, 0.2) is 0 Å². The van der Waals surface area contributed by atoms with Crippen LogP contribution >= 0.6 is 0 Å². The Balaban J connectivity index is 4.61. The molecule has 0 amide bonds. The summed E-state index contributed by atoms with van der Waals surface area (Å²) in [5.41, 5.74) is 0. The molecule has 0 aliphatic carbocycles. The number of hydrogen-bond acceptors (Lipinski definition) is 4. The molecule has 0 fully saturated rings. The third-order valence-corrected chi connectivity index (χ3v) is 2.68. The molecule has 7 heteroatoms. The highest BCUT2D eigenvalue weighted by Gasteiger charge is 2.27. The van der Waals surface area contributed by atoms with Crippen LogP contribution in [0.2, 0.25) is 0 Å². The van der Waals surface area contributed by atoms with Crippen molar-refractivity contribution in [1.29, 1.82) is 0 Å². The molecule has 0 spiro atoms. The predicted molar refractivity (Wildman–Crippen MR) is 50.2 cm³/mol. The SMILES string of the molecule is C=CCS(=O)(=O)NC(C(=O)O)C(C)O. The molecule has 2 atom stereocenters. The van der Waals surface area contributed by atoms with Crippen molar-refractivity contribution < 1.29 is 23.4 Å². The van der Waals surface area contributed by atoms with E-state index >= 15 is 0 Å². The molecule has 0 bridgehead atoms. The van der Waals surface area contributed by atoms with Gasteiger partial charge in [-0.3, -0.25) is 4.79 Å². The van der Waals surface area contributed by atoms with E-state index in [0.717, 1.165) is 6.08 Å². The lowest BCUT2D eigenvalue weighted by Gasteiger charge is -2.16. The van der Waals surface area contributed by atoms with Crippen molar-refractivity contribution in [2.45, 2.75) is 19.1 Å². The van der Waals surface area contributed by atoms with E-state index in [-0.39, 0.29) is 5.75 Å². The number of carbonyl (C=O) groups is 1. The van der Waals surface area contributed by atoms with Gasteiger partial charge in [0.25, 0.3) is 0 Å². The molecule has 14 heavy (non-hydrogen) atoms. The van der Waals surface area contributed by atoms with E-state index in [0.29, 0.717) is 0 Å². The zero-order valence-corrected chi connectivity index (χ0v) is 8.49. The van der Waals surface area contributed by atoms with Gasteiger partial charge in [-0.05, 0) is 6.92 Å². The Morgan fingerprint density at radius 3 is 2.43 bits per heavy atom. The van der Waals surface area contributed by atoms with Crippen LogP contribution in [0.3, 0.4) is 0 Å². The summed E-state index contributed by atoms with van der Waals surface area (Å²) in [7, 11) is -3.73. The molecule has 0 saturated heterocycles. The van der Waals surface area contributed by atoms with Gasteiger partial charge in [0, 0.05) is 0 Å². The van der Waals surface area contributed by atoms with Crippen molar-refractivity contribution in [3.63, 3.8) is 0 Å². The molecule has 0 radical (unpaired) electrons. The number of rotatable bonds is 6. The first-order valence-electron chi connectivity index (χ1n) is 3.82. The number of aliphatic hydroxyl groups excluding tert-OH is 1. The van der Waals surface area contributed by atoms with Gasteiger partial charge in [0.2, 0.25) is 10.0 Å². The minimum absolute atomic E-state index is 0.385. The van der Waals surface area contributed by atoms with Crippen LogP contribution in [0.4, 0.5) is 0 Å². The summed E-state index contributed by atoms with van der Waals surface area (Å²) >= 11 is 0. The normalized spacial score (nSPS) is 15.9. The van der Waals surface area contributed by atoms with Gasteiger partial charge in [-0.2, -0.15) is 4.72 Å². The minimum atomic E-state index is -3.73. The molecule has 0 aliphatic heterocycles. The zero-order chi connectivity index (χ0) is 11.4. The largest absolute Gasteiger partial charge is 0.480 e. The summed E-state index contributed by atoms with van der Waals surface area (Å²) in [4.78, 5) is 10.5. The molecule has 0 aromatic heterocycles. The van der Waals surface area contributed by atoms with E-state index in [2.05, 4.69) is 6.58 Å². The molecular weight excluding hydrogens is 210 g/mol. The van der Waals surface area contributed by atoms with Crippen LogP contribution in [0.25, 0.3) is 0 Å². The quantitative estimate of drug-likeness (QED) is 0.497. The lowest BCUT2D eigenvalue weighted by Crippen LogP contribution is -2.48. The number of sulfonamides is 1. The summed E-state index contributed by atoms with van der Waals surface area (Å²) in [5.74, 6) is -1.81. The summed E-state index contributed by atoms with van der Waals surface area (Å²) in [6, 6.07) is -1.53. The molecule has 0 rings (SSSR count). The second kappa shape index (κ2) is 5.08. The van der Waals surface area contributed by atoms with Crippen molar-refractivity contribution in [2.24, 2.45) is 0 Å². The van der Waals surface area contributed by atoms with E-state index < -0.39 is 28.1 Å². The van der Waals surface area contributed by atoms with Crippen molar-refractivity contribution in [3.8, 4) is 0 Å². The highest BCUT2D eigenvalue weighted by atomic mass is 32.2. The summed E-state index contributed by atoms with van der Waals surface area (Å²) in [5, 5.41) is 17.5. The van der Waals surface area contributed by atoms with E-state index in [1.165, 1.54) is 6.92 Å². The van der Waals surface area contributed by atoms with Gasteiger partial charge >= 0.3 is 5.97 Å². The topological polar surface area (TPSA) is 104 Å². The Labute approximate surface area is 82.3 Å². The highest BCUT2D eigenvalue weighted by Crippen LogP contribution is 1.97. The number of carboxylic acids is 1. The fourth-order valence-corrected chi connectivity index (χ4v) is 1.84. The van der Waals surface area contributed by atoms with Crippen LogP contribution < -0.4 is 4.72 Å². The molecule has 82 valence electrons. The van der Waals surface area contributed by atoms with Crippen LogP contribution in [0, 0.1) is 0 Å². The van der Waals surface area contributed by atoms with E-state index in [1.807, 2.05) is 4.72 Å². The monoisotopic (exact) mass is 223 g/mol. The Hall–Kier alpha value is -0.920. The zero-order valence-electron chi connectivity index (χ0n) is 7.67. The molecular formula is C7H13NO5S. The van der Waals surface area contributed by atoms with Crippen LogP contribution in [-0.2, 0) is 14.8 Å². The number of carboxylic acid groups (broad SMARTS) is 1. The van der Waals surface area contributed by atoms with Gasteiger partial charge in [-0.25, -0.2) is 8.42 Å². The lowest BCUT2D eigenvalue weighted by atomic mass is 10.2. The van der Waals surface area contributed by atoms with Crippen LogP contribution in [0.1, 0.15) is 6.92 Å². The van der Waals surface area contributed by atoms with Crippen molar-refractivity contribution in [2.75, 3.05) is 5.75 Å². The lowest BCUT2D eigenvalue weighted by molar-refractivity contribution is -0.141. The maximum atomic E-state index is 11.1. The Morgan fingerprint density at radius 1 is 1.64 bits per heavy atom. The first-order chi connectivity index (χ1) is 6.30. The summed E-state index contributed by atoms with van der Waals surface area (Å²) < 4.78 is 24.0. The minimum Gasteiger partial charge on any atom is -0.480 e. The molecule has 0 aromatic carbocycles. The van der Waals surface area contributed by atoms with Crippen molar-refractivity contribution >= 4 is 16.0 Å². The molecule has 2 unspecified atom stereocenters. The van der Waals surface area contributed by atoms with E-state index in [1.54, 1.807) is 0 Å². The molecule has 0 saturated carbocycles. The standard InChI is InChI=1S/C7H13NO5S/c1-3-4-14(12,13)8-6(5(2)9)7(10)11/h3,5-6,8-9H,1,4H2,2H3,(H,10,11). The molecule has 0 aromatic rings. The van der Waals surface area contributed by atoms with Crippen molar-refractivity contribution in [3.05, 3.63) is 12.7 Å². The number of nitrogens with one attached hydrogen (secondary N) is 1. The fraction of sp³-hybridized carbons (Fsp3) is 0.571. The van der Waals surface area contributed by atoms with Gasteiger partial charge in [0.1, 0.15) is 6.04 Å². The predicted octanol–water partition coefficient (Wildman–Crippen LogP) is -1.07. The maximum absolute atomic E-state index is 11.1. The second-order valence-corrected chi connectivity index (χ2v) is 4.54. The Morgan fingerprint density at radius 2 is 2.14 bits per heavy atom. The summed E-state index contributed by atoms with van der Waals surface area (Å²) in [6.07, 6.45) is -0.171. The molecule has 0 heterocycles. The Kier molecular flexibility index (Phi) is 4.75. The van der Waals surface area contributed by atoms with Crippen LogP contribution in [-0.4, -0.2) is 42.5 Å². The molecule has 0 aliphatic rings. The van der Waals surface area contributed by atoms with E-state index in [4.69, 9.17) is 10.2 Å². The first kappa shape index (κ1) is 13.1. The fourth-order valence-electron chi connectivity index (χ4n) is 0.752. The Bertz CT molecular complexity index is 308. The number of hydrogen-bond donors (Lipinski definition) is 3. The third kappa shape index (κ3) is 4.35. The van der Waals surface area contributed by atoms with Gasteiger partial charge in [-0.15, -0.1) is 6.58 Å². The van der Waals surface area contributed by atoms with Gasteiger partial charge < -0.3 is 10.2 Å². The average Bonchev–Trinajstić information content (AvgIpc) is 1.99. The summed E-state index contributed by atoms with van der Waals surface area (Å²) in [6.45, 7) is 4.40. The second-order valence-electron chi connectivity index (χ2n) is 2.74. The van der Waals surface area contributed by atoms with Gasteiger partial charge in [0.05, 0.1) is 11.9 Å². The average molecular weight is 223 g/mol. The van der Waals surface area contributed by atoms with Crippen molar-refractivity contribution in [1.82, 2.24) is 4.72 Å². The number of aliphatic carboxylic acids is 1. The number of aliphatic hydroxyl groups is 1. The first-order valence-corrected chi connectivity index (χ1v) is 5.47.